The van der Waals surface area contributed by atoms with E-state index in [9.17, 15) is 0 Å². The highest BCUT2D eigenvalue weighted by Crippen LogP contribution is 2.11. The zero-order valence-corrected chi connectivity index (χ0v) is 12.5. The molecule has 0 saturated carbocycles. The van der Waals surface area contributed by atoms with E-state index in [0.717, 1.165) is 5.56 Å². The first kappa shape index (κ1) is 13.3. The monoisotopic (exact) mass is 267 g/mol. The van der Waals surface area contributed by atoms with E-state index in [4.69, 9.17) is 0 Å². The Balaban J connectivity index is 2.08. The topological polar surface area (TPSA) is 30.9 Å². The summed E-state index contributed by atoms with van der Waals surface area (Å²) in [6, 6.07) is 9.65. The number of hydrogen-bond acceptors (Lipinski definition) is 1. The lowest BCUT2D eigenvalue weighted by Gasteiger charge is -2.08. The summed E-state index contributed by atoms with van der Waals surface area (Å²) in [4.78, 5) is 4.30. The minimum atomic E-state index is -1.33. The van der Waals surface area contributed by atoms with Crippen molar-refractivity contribution in [2.75, 3.05) is 0 Å². The van der Waals surface area contributed by atoms with Crippen molar-refractivity contribution in [3.05, 3.63) is 59.9 Å². The molecule has 0 N–H and O–H groups in total. The normalized spacial score (nSPS) is 10.5. The van der Waals surface area contributed by atoms with E-state index in [-0.39, 0.29) is 0 Å². The van der Waals surface area contributed by atoms with Crippen LogP contribution in [0.25, 0.3) is 5.43 Å². The van der Waals surface area contributed by atoms with Crippen molar-refractivity contribution in [2.24, 2.45) is 0 Å². The van der Waals surface area contributed by atoms with E-state index >= 15 is 0 Å². The van der Waals surface area contributed by atoms with Crippen molar-refractivity contribution < 1.29 is 4.68 Å². The number of pyridine rings is 2. The minimum Gasteiger partial charge on any atom is -0.437 e. The smallest absolute Gasteiger partial charge is 0.182 e. The van der Waals surface area contributed by atoms with Gasteiger partial charge in [0.05, 0.1) is 0 Å². The van der Waals surface area contributed by atoms with E-state index in [1.54, 1.807) is 10.9 Å². The first-order valence-electron chi connectivity index (χ1n) is 6.20. The fourth-order valence-electron chi connectivity index (χ4n) is 1.35. The molecule has 2 rings (SSSR count). The molecule has 0 amide bonds. The molecule has 0 bridgehead atoms. The number of aromatic nitrogens is 2. The van der Waals surface area contributed by atoms with Gasteiger partial charge in [0.1, 0.15) is 8.07 Å². The summed E-state index contributed by atoms with van der Waals surface area (Å²) in [5, 5.41) is 0. The van der Waals surface area contributed by atoms with Crippen LogP contribution in [0.5, 0.6) is 0 Å². The van der Waals surface area contributed by atoms with Crippen LogP contribution < -0.4 is 4.68 Å². The highest BCUT2D eigenvalue weighted by Gasteiger charge is 2.07. The highest BCUT2D eigenvalue weighted by molar-refractivity contribution is 6.83. The van der Waals surface area contributed by atoms with Crippen molar-refractivity contribution in [2.45, 2.75) is 19.6 Å². The summed E-state index contributed by atoms with van der Waals surface area (Å²) < 4.78 is 1.73. The van der Waals surface area contributed by atoms with Crippen molar-refractivity contribution >= 4 is 13.9 Å². The van der Waals surface area contributed by atoms with Gasteiger partial charge in [-0.1, -0.05) is 43.9 Å². The summed E-state index contributed by atoms with van der Waals surface area (Å²) in [5.74, 6) is 3.85. The summed E-state index contributed by atoms with van der Waals surface area (Å²) in [6.45, 7) is 6.68. The molecule has 0 fully saturated rings. The van der Waals surface area contributed by atoms with Crippen molar-refractivity contribution in [3.63, 3.8) is 0 Å². The maximum atomic E-state index is 4.36. The molecule has 19 heavy (non-hydrogen) atoms. The quantitative estimate of drug-likeness (QED) is 0.467. The molecule has 0 aliphatic rings. The average Bonchev–Trinajstić information content (AvgIpc) is 2.38. The number of hydrogen-bond donors (Lipinski definition) is 0. The first-order chi connectivity index (χ1) is 9.03. The molecule has 0 aromatic carbocycles. The second kappa shape index (κ2) is 5.68. The molecule has 0 unspecified atom stereocenters. The maximum Gasteiger partial charge on any atom is 0.182 e. The molecule has 96 valence electrons. The molecular formula is C15H17N3Si. The molecule has 0 aliphatic heterocycles. The Morgan fingerprint density at radius 1 is 1.11 bits per heavy atom. The van der Waals surface area contributed by atoms with Gasteiger partial charge in [0.15, 0.2) is 12.4 Å². The molecule has 0 radical (unpaired) electrons. The molecule has 0 aliphatic carbocycles. The molecule has 4 heteroatoms. The van der Waals surface area contributed by atoms with E-state index < -0.39 is 8.07 Å². The van der Waals surface area contributed by atoms with Gasteiger partial charge in [-0.2, -0.15) is 10.1 Å². The van der Waals surface area contributed by atoms with Crippen LogP contribution in [0.2, 0.25) is 19.6 Å². The Kier molecular flexibility index (Phi) is 3.98. The number of rotatable bonds is 2. The molecule has 2 heterocycles. The second-order valence-corrected chi connectivity index (χ2v) is 10.0. The zero-order valence-electron chi connectivity index (χ0n) is 11.5. The van der Waals surface area contributed by atoms with Crippen LogP contribution >= 0.6 is 0 Å². The molecule has 0 saturated heterocycles. The van der Waals surface area contributed by atoms with Crippen molar-refractivity contribution in [1.29, 1.82) is 0 Å². The number of nitrogens with zero attached hydrogens (tertiary/aromatic N) is 3. The summed E-state index contributed by atoms with van der Waals surface area (Å²) in [6.07, 6.45) is 5.52. The fraction of sp³-hybridized carbons (Fsp3) is 0.200. The van der Waals surface area contributed by atoms with Crippen LogP contribution in [-0.4, -0.2) is 13.1 Å². The van der Waals surface area contributed by atoms with Gasteiger partial charge in [-0.05, 0) is 6.07 Å². The molecular weight excluding hydrogens is 250 g/mol. The van der Waals surface area contributed by atoms with E-state index in [1.807, 2.05) is 42.7 Å². The standard InChI is InChI=1S/C15H17N3Si/c1-19(2,3)12-9-14-7-8-15(16-13-14)17-18-10-5-4-6-11-18/h4-8,10-11,13H,1-3H3. The van der Waals surface area contributed by atoms with Gasteiger partial charge >= 0.3 is 0 Å². The van der Waals surface area contributed by atoms with Gasteiger partial charge in [0, 0.05) is 23.5 Å². The lowest BCUT2D eigenvalue weighted by Crippen LogP contribution is -2.26. The Morgan fingerprint density at radius 3 is 2.42 bits per heavy atom. The Bertz CT molecular complexity index is 589. The first-order valence-corrected chi connectivity index (χ1v) is 9.70. The lowest BCUT2D eigenvalue weighted by atomic mass is 10.3. The summed E-state index contributed by atoms with van der Waals surface area (Å²) in [5.41, 5.74) is 8.62. The van der Waals surface area contributed by atoms with Gasteiger partial charge in [-0.3, -0.25) is 0 Å². The molecule has 0 spiro atoms. The van der Waals surface area contributed by atoms with Crippen molar-refractivity contribution in [3.8, 4) is 11.5 Å². The van der Waals surface area contributed by atoms with Crippen molar-refractivity contribution in [1.82, 2.24) is 4.98 Å². The molecule has 2 aromatic heterocycles. The van der Waals surface area contributed by atoms with Gasteiger partial charge in [-0.25, -0.2) is 0 Å². The van der Waals surface area contributed by atoms with Crippen LogP contribution in [0.3, 0.4) is 0 Å². The van der Waals surface area contributed by atoms with Crippen LogP contribution in [0, 0.1) is 11.5 Å². The highest BCUT2D eigenvalue weighted by atomic mass is 28.3. The predicted octanol–water partition coefficient (Wildman–Crippen LogP) is 3.07. The van der Waals surface area contributed by atoms with Gasteiger partial charge in [0.25, 0.3) is 0 Å². The Morgan fingerprint density at radius 2 is 1.84 bits per heavy atom. The summed E-state index contributed by atoms with van der Waals surface area (Å²) in [7, 11) is -1.33. The van der Waals surface area contributed by atoms with Crippen LogP contribution in [0.15, 0.2) is 48.9 Å². The van der Waals surface area contributed by atoms with E-state index in [1.165, 1.54) is 0 Å². The Hall–Kier alpha value is -2.12. The SMILES string of the molecule is C[Si](C)(C)C#Cc1ccc([N-][n+]2ccccc2)nc1. The predicted molar refractivity (Wildman–Crippen MR) is 79.5 cm³/mol. The molecule has 0 atom stereocenters. The maximum absolute atomic E-state index is 4.36. The third-order valence-corrected chi connectivity index (χ3v) is 3.12. The molecule has 2 aromatic rings. The third-order valence-electron chi connectivity index (χ3n) is 2.25. The van der Waals surface area contributed by atoms with Gasteiger partial charge in [-0.15, -0.1) is 5.54 Å². The zero-order chi connectivity index (χ0) is 13.7. The summed E-state index contributed by atoms with van der Waals surface area (Å²) >= 11 is 0. The van der Waals surface area contributed by atoms with Crippen LogP contribution in [0.4, 0.5) is 5.82 Å². The largest absolute Gasteiger partial charge is 0.437 e. The van der Waals surface area contributed by atoms with E-state index in [0.29, 0.717) is 5.82 Å². The minimum absolute atomic E-state index is 0.676. The van der Waals surface area contributed by atoms with Gasteiger partial charge < -0.3 is 4.98 Å². The van der Waals surface area contributed by atoms with Gasteiger partial charge in [0.2, 0.25) is 0 Å². The van der Waals surface area contributed by atoms with E-state index in [2.05, 4.69) is 41.5 Å². The molecule has 3 nitrogen and oxygen atoms in total. The fourth-order valence-corrected chi connectivity index (χ4v) is 1.87. The van der Waals surface area contributed by atoms with Crippen LogP contribution in [-0.2, 0) is 0 Å². The second-order valence-electron chi connectivity index (χ2n) is 5.26. The third kappa shape index (κ3) is 4.57. The lowest BCUT2D eigenvalue weighted by molar-refractivity contribution is -0.619. The Labute approximate surface area is 115 Å². The van der Waals surface area contributed by atoms with Crippen LogP contribution in [0.1, 0.15) is 5.56 Å². The average molecular weight is 267 g/mol.